The highest BCUT2D eigenvalue weighted by Crippen LogP contribution is 2.26. The number of aryl methyl sites for hydroxylation is 2. The smallest absolute Gasteiger partial charge is 0.322 e. The number of nitrogens with one attached hydrogen (secondary N) is 1. The summed E-state index contributed by atoms with van der Waals surface area (Å²) in [4.78, 5) is 1.92. The largest absolute Gasteiger partial charge is 0.406 e. The van der Waals surface area contributed by atoms with Gasteiger partial charge in [0.1, 0.15) is 0 Å². The maximum Gasteiger partial charge on any atom is 0.322 e. The van der Waals surface area contributed by atoms with Crippen LogP contribution in [0.4, 0.5) is 11.7 Å². The molecule has 1 aromatic carbocycles. The van der Waals surface area contributed by atoms with Crippen molar-refractivity contribution in [3.8, 4) is 0 Å². The molecule has 5 heteroatoms. The molecule has 0 saturated heterocycles. The highest BCUT2D eigenvalue weighted by molar-refractivity contribution is 5.60. The summed E-state index contributed by atoms with van der Waals surface area (Å²) >= 11 is 0. The van der Waals surface area contributed by atoms with Gasteiger partial charge in [0.15, 0.2) is 0 Å². The minimum atomic E-state index is 0.517. The zero-order valence-corrected chi connectivity index (χ0v) is 13.5. The van der Waals surface area contributed by atoms with Gasteiger partial charge < -0.3 is 9.73 Å². The average molecular weight is 288 g/mol. The number of hydrogen-bond donors (Lipinski definition) is 1. The first-order valence-corrected chi connectivity index (χ1v) is 7.31. The van der Waals surface area contributed by atoms with Crippen molar-refractivity contribution < 1.29 is 4.42 Å². The number of nitrogens with zero attached hydrogens (tertiary/aromatic N) is 3. The van der Waals surface area contributed by atoms with Crippen LogP contribution in [0.15, 0.2) is 22.6 Å². The van der Waals surface area contributed by atoms with E-state index in [1.807, 2.05) is 11.9 Å². The van der Waals surface area contributed by atoms with Crippen LogP contribution in [0, 0.1) is 19.8 Å². The van der Waals surface area contributed by atoms with E-state index >= 15 is 0 Å². The molecule has 0 fully saturated rings. The van der Waals surface area contributed by atoms with Crippen molar-refractivity contribution in [3.05, 3.63) is 35.2 Å². The molecular weight excluding hydrogens is 264 g/mol. The van der Waals surface area contributed by atoms with E-state index in [1.165, 1.54) is 11.1 Å². The van der Waals surface area contributed by atoms with Crippen LogP contribution in [0.2, 0.25) is 0 Å². The first-order valence-electron chi connectivity index (χ1n) is 7.31. The van der Waals surface area contributed by atoms with E-state index in [2.05, 4.69) is 61.4 Å². The molecule has 1 aromatic heterocycles. The van der Waals surface area contributed by atoms with Crippen LogP contribution in [0.25, 0.3) is 0 Å². The van der Waals surface area contributed by atoms with Gasteiger partial charge in [0.05, 0.1) is 6.54 Å². The zero-order chi connectivity index (χ0) is 15.4. The molecule has 0 bridgehead atoms. The molecular formula is C16H24N4O. The highest BCUT2D eigenvalue weighted by atomic mass is 16.4. The molecule has 0 saturated carbocycles. The van der Waals surface area contributed by atoms with Gasteiger partial charge in [-0.25, -0.2) is 0 Å². The number of rotatable bonds is 6. The summed E-state index contributed by atoms with van der Waals surface area (Å²) < 4.78 is 5.71. The SMILES string of the molecule is Cc1ccc(N(C)c2nnc(CNCC(C)C)o2)c(C)c1. The first kappa shape index (κ1) is 15.5. The van der Waals surface area contributed by atoms with E-state index in [0.717, 1.165) is 12.2 Å². The molecule has 0 aliphatic rings. The molecule has 0 atom stereocenters. The van der Waals surface area contributed by atoms with Crippen LogP contribution < -0.4 is 10.2 Å². The second-order valence-corrected chi connectivity index (χ2v) is 5.85. The average Bonchev–Trinajstić information content (AvgIpc) is 2.86. The maximum absolute atomic E-state index is 5.71. The van der Waals surface area contributed by atoms with Gasteiger partial charge in [-0.1, -0.05) is 36.6 Å². The molecule has 0 spiro atoms. The molecule has 114 valence electrons. The van der Waals surface area contributed by atoms with E-state index in [4.69, 9.17) is 4.42 Å². The Morgan fingerprint density at radius 2 is 2.00 bits per heavy atom. The highest BCUT2D eigenvalue weighted by Gasteiger charge is 2.14. The van der Waals surface area contributed by atoms with E-state index in [0.29, 0.717) is 24.4 Å². The van der Waals surface area contributed by atoms with Crippen LogP contribution in [0.3, 0.4) is 0 Å². The summed E-state index contributed by atoms with van der Waals surface area (Å²) in [7, 11) is 1.94. The van der Waals surface area contributed by atoms with Gasteiger partial charge in [-0.2, -0.15) is 0 Å². The summed E-state index contributed by atoms with van der Waals surface area (Å²) in [5.41, 5.74) is 3.51. The molecule has 0 radical (unpaired) electrons. The second-order valence-electron chi connectivity index (χ2n) is 5.85. The fraction of sp³-hybridized carbons (Fsp3) is 0.500. The normalized spacial score (nSPS) is 11.1. The Morgan fingerprint density at radius 3 is 2.67 bits per heavy atom. The van der Waals surface area contributed by atoms with Crippen molar-refractivity contribution in [2.75, 3.05) is 18.5 Å². The van der Waals surface area contributed by atoms with Crippen molar-refractivity contribution in [2.45, 2.75) is 34.2 Å². The third kappa shape index (κ3) is 4.04. The van der Waals surface area contributed by atoms with E-state index < -0.39 is 0 Å². The number of hydrogen-bond acceptors (Lipinski definition) is 5. The fourth-order valence-electron chi connectivity index (χ4n) is 2.20. The summed E-state index contributed by atoms with van der Waals surface area (Å²) in [6.07, 6.45) is 0. The lowest BCUT2D eigenvalue weighted by atomic mass is 10.1. The summed E-state index contributed by atoms with van der Waals surface area (Å²) in [6, 6.07) is 6.82. The monoisotopic (exact) mass is 288 g/mol. The lowest BCUT2D eigenvalue weighted by molar-refractivity contribution is 0.455. The number of anilines is 2. The quantitative estimate of drug-likeness (QED) is 0.884. The van der Waals surface area contributed by atoms with Gasteiger partial charge in [0.2, 0.25) is 5.89 Å². The van der Waals surface area contributed by atoms with Gasteiger partial charge in [0.25, 0.3) is 0 Å². The maximum atomic E-state index is 5.71. The van der Waals surface area contributed by atoms with Gasteiger partial charge in [-0.15, -0.1) is 5.10 Å². The molecule has 2 rings (SSSR count). The molecule has 21 heavy (non-hydrogen) atoms. The first-order chi connectivity index (χ1) is 9.97. The number of benzene rings is 1. The van der Waals surface area contributed by atoms with E-state index in [9.17, 15) is 0 Å². The Balaban J connectivity index is 2.06. The lowest BCUT2D eigenvalue weighted by Crippen LogP contribution is -2.19. The Bertz CT molecular complexity index is 592. The molecule has 0 amide bonds. The predicted molar refractivity (Wildman–Crippen MR) is 84.8 cm³/mol. The van der Waals surface area contributed by atoms with Crippen molar-refractivity contribution >= 4 is 11.7 Å². The summed E-state index contributed by atoms with van der Waals surface area (Å²) in [5, 5.41) is 11.5. The fourth-order valence-corrected chi connectivity index (χ4v) is 2.20. The molecule has 1 N–H and O–H groups in total. The standard InChI is InChI=1S/C16H24N4O/c1-11(2)9-17-10-15-18-19-16(21-15)20(5)14-7-6-12(3)8-13(14)4/h6-8,11,17H,9-10H2,1-5H3. The summed E-state index contributed by atoms with van der Waals surface area (Å²) in [6.45, 7) is 10.0. The third-order valence-corrected chi connectivity index (χ3v) is 3.29. The third-order valence-electron chi connectivity index (χ3n) is 3.29. The van der Waals surface area contributed by atoms with Crippen LogP contribution in [0.5, 0.6) is 0 Å². The van der Waals surface area contributed by atoms with Crippen LogP contribution >= 0.6 is 0 Å². The van der Waals surface area contributed by atoms with Gasteiger partial charge in [0, 0.05) is 12.7 Å². The van der Waals surface area contributed by atoms with Crippen molar-refractivity contribution in [2.24, 2.45) is 5.92 Å². The van der Waals surface area contributed by atoms with Crippen LogP contribution in [-0.2, 0) is 6.54 Å². The van der Waals surface area contributed by atoms with Crippen LogP contribution in [0.1, 0.15) is 30.9 Å². The second kappa shape index (κ2) is 6.72. The molecule has 1 heterocycles. The minimum Gasteiger partial charge on any atom is -0.406 e. The minimum absolute atomic E-state index is 0.517. The molecule has 5 nitrogen and oxygen atoms in total. The van der Waals surface area contributed by atoms with Crippen LogP contribution in [-0.4, -0.2) is 23.8 Å². The van der Waals surface area contributed by atoms with E-state index in [-0.39, 0.29) is 0 Å². The molecule has 0 aliphatic carbocycles. The summed E-state index contributed by atoms with van der Waals surface area (Å²) in [5.74, 6) is 1.22. The Kier molecular flexibility index (Phi) is 4.96. The molecule has 2 aromatic rings. The van der Waals surface area contributed by atoms with Crippen molar-refractivity contribution in [3.63, 3.8) is 0 Å². The van der Waals surface area contributed by atoms with Crippen molar-refractivity contribution in [1.82, 2.24) is 15.5 Å². The Hall–Kier alpha value is -1.88. The van der Waals surface area contributed by atoms with E-state index in [1.54, 1.807) is 0 Å². The van der Waals surface area contributed by atoms with Crippen molar-refractivity contribution in [1.29, 1.82) is 0 Å². The topological polar surface area (TPSA) is 54.2 Å². The Morgan fingerprint density at radius 1 is 1.24 bits per heavy atom. The molecule has 0 aliphatic heterocycles. The molecule has 0 unspecified atom stereocenters. The zero-order valence-electron chi connectivity index (χ0n) is 13.5. The lowest BCUT2D eigenvalue weighted by Gasteiger charge is -2.17. The Labute approximate surface area is 126 Å². The van der Waals surface area contributed by atoms with Gasteiger partial charge in [-0.3, -0.25) is 4.90 Å². The van der Waals surface area contributed by atoms with Gasteiger partial charge >= 0.3 is 6.01 Å². The van der Waals surface area contributed by atoms with Gasteiger partial charge in [-0.05, 0) is 37.9 Å². The number of aromatic nitrogens is 2. The predicted octanol–water partition coefficient (Wildman–Crippen LogP) is 3.20.